The van der Waals surface area contributed by atoms with Gasteiger partial charge in [-0.1, -0.05) is 27.7 Å². The first-order chi connectivity index (χ1) is 8.24. The van der Waals surface area contributed by atoms with Gasteiger partial charge in [-0.05, 0) is 25.5 Å². The second-order valence-corrected chi connectivity index (χ2v) is 5.64. The van der Waals surface area contributed by atoms with Crippen molar-refractivity contribution in [3.63, 3.8) is 0 Å². The molecule has 18 heavy (non-hydrogen) atoms. The Bertz CT molecular complexity index is 436. The highest BCUT2D eigenvalue weighted by Gasteiger charge is 2.19. The molecule has 0 aliphatic carbocycles. The summed E-state index contributed by atoms with van der Waals surface area (Å²) in [6.07, 6.45) is 0.962. The van der Waals surface area contributed by atoms with Crippen LogP contribution in [0.5, 0.6) is 0 Å². The van der Waals surface area contributed by atoms with Gasteiger partial charge in [-0.15, -0.1) is 0 Å². The fourth-order valence-corrected chi connectivity index (χ4v) is 1.47. The van der Waals surface area contributed by atoms with Gasteiger partial charge in [-0.2, -0.15) is 0 Å². The molecule has 0 aromatic carbocycles. The third-order valence-corrected chi connectivity index (χ3v) is 2.85. The zero-order valence-electron chi connectivity index (χ0n) is 11.7. The van der Waals surface area contributed by atoms with Crippen LogP contribution in [-0.4, -0.2) is 22.1 Å². The maximum atomic E-state index is 11.1. The summed E-state index contributed by atoms with van der Waals surface area (Å²) in [7, 11) is 0. The molecule has 0 saturated carbocycles. The van der Waals surface area contributed by atoms with E-state index >= 15 is 0 Å². The number of anilines is 1. The van der Waals surface area contributed by atoms with Crippen LogP contribution in [0.3, 0.4) is 0 Å². The van der Waals surface area contributed by atoms with Gasteiger partial charge in [0.1, 0.15) is 5.82 Å². The van der Waals surface area contributed by atoms with Crippen LogP contribution in [-0.2, 0) is 5.41 Å². The Hall–Kier alpha value is -1.58. The molecule has 100 valence electrons. The lowest BCUT2D eigenvalue weighted by molar-refractivity contribution is 0.0696. The van der Waals surface area contributed by atoms with E-state index in [-0.39, 0.29) is 17.0 Å². The Morgan fingerprint density at radius 1 is 1.44 bits per heavy atom. The van der Waals surface area contributed by atoms with Crippen LogP contribution < -0.4 is 5.32 Å². The predicted octanol–water partition coefficient (Wildman–Crippen LogP) is 3.29. The van der Waals surface area contributed by atoms with Gasteiger partial charge in [0.05, 0.1) is 5.56 Å². The van der Waals surface area contributed by atoms with Crippen molar-refractivity contribution in [2.75, 3.05) is 5.32 Å². The Labute approximate surface area is 108 Å². The zero-order chi connectivity index (χ0) is 13.9. The molecule has 1 aromatic rings. The summed E-state index contributed by atoms with van der Waals surface area (Å²) < 4.78 is 0. The number of carboxylic acid groups (broad SMARTS) is 1. The largest absolute Gasteiger partial charge is 0.478 e. The van der Waals surface area contributed by atoms with Crippen molar-refractivity contribution >= 4 is 11.8 Å². The molecule has 2 N–H and O–H groups in total. The molecular weight excluding hydrogens is 228 g/mol. The third-order valence-electron chi connectivity index (χ3n) is 2.85. The molecule has 0 radical (unpaired) electrons. The van der Waals surface area contributed by atoms with Gasteiger partial charge in [-0.3, -0.25) is 0 Å². The van der Waals surface area contributed by atoms with E-state index in [1.807, 2.05) is 27.7 Å². The molecule has 1 rings (SSSR count). The number of hydrogen-bond acceptors (Lipinski definition) is 3. The number of aromatic nitrogens is 1. The van der Waals surface area contributed by atoms with E-state index in [9.17, 15) is 4.79 Å². The molecule has 1 atom stereocenters. The van der Waals surface area contributed by atoms with Gasteiger partial charge in [0.25, 0.3) is 0 Å². The van der Waals surface area contributed by atoms with Crippen LogP contribution in [0, 0.1) is 0 Å². The van der Waals surface area contributed by atoms with E-state index < -0.39 is 5.97 Å². The van der Waals surface area contributed by atoms with Gasteiger partial charge < -0.3 is 10.4 Å². The summed E-state index contributed by atoms with van der Waals surface area (Å²) in [6.45, 7) is 10.2. The number of hydrogen-bond donors (Lipinski definition) is 2. The lowest BCUT2D eigenvalue weighted by atomic mass is 9.90. The fourth-order valence-electron chi connectivity index (χ4n) is 1.47. The van der Waals surface area contributed by atoms with Crippen LogP contribution in [0.1, 0.15) is 57.1 Å². The maximum Gasteiger partial charge on any atom is 0.335 e. The minimum absolute atomic E-state index is 0.169. The molecule has 0 spiro atoms. The molecule has 1 aromatic heterocycles. The quantitative estimate of drug-likeness (QED) is 0.860. The van der Waals surface area contributed by atoms with Gasteiger partial charge >= 0.3 is 5.97 Å². The molecular formula is C14H22N2O2. The highest BCUT2D eigenvalue weighted by atomic mass is 16.4. The molecule has 1 heterocycles. The van der Waals surface area contributed by atoms with Crippen molar-refractivity contribution in [1.29, 1.82) is 0 Å². The first kappa shape index (κ1) is 14.5. The molecule has 0 aliphatic heterocycles. The fraction of sp³-hybridized carbons (Fsp3) is 0.571. The third kappa shape index (κ3) is 3.72. The van der Waals surface area contributed by atoms with Crippen LogP contribution >= 0.6 is 0 Å². The molecule has 1 unspecified atom stereocenters. The molecule has 0 amide bonds. The first-order valence-corrected chi connectivity index (χ1v) is 6.26. The Morgan fingerprint density at radius 3 is 2.50 bits per heavy atom. The minimum Gasteiger partial charge on any atom is -0.478 e. The number of carboxylic acids is 1. The summed E-state index contributed by atoms with van der Waals surface area (Å²) in [5, 5.41) is 12.4. The average Bonchev–Trinajstić information content (AvgIpc) is 2.27. The maximum absolute atomic E-state index is 11.1. The normalized spacial score (nSPS) is 13.2. The van der Waals surface area contributed by atoms with Crippen molar-refractivity contribution in [3.05, 3.63) is 23.4 Å². The standard InChI is InChI=1S/C14H22N2O2/c1-6-9(2)15-12-8-10(13(17)18)7-11(16-12)14(3,4)5/h7-9H,6H2,1-5H3,(H,15,16)(H,17,18). The van der Waals surface area contributed by atoms with E-state index in [0.29, 0.717) is 5.82 Å². The summed E-state index contributed by atoms with van der Waals surface area (Å²) >= 11 is 0. The first-order valence-electron chi connectivity index (χ1n) is 6.26. The van der Waals surface area contributed by atoms with E-state index in [4.69, 9.17) is 5.11 Å². The number of aromatic carboxylic acids is 1. The highest BCUT2D eigenvalue weighted by Crippen LogP contribution is 2.23. The monoisotopic (exact) mass is 250 g/mol. The van der Waals surface area contributed by atoms with Gasteiger partial charge in [0.2, 0.25) is 0 Å². The molecule has 0 aliphatic rings. The van der Waals surface area contributed by atoms with Crippen molar-refractivity contribution in [2.24, 2.45) is 0 Å². The van der Waals surface area contributed by atoms with Crippen molar-refractivity contribution < 1.29 is 9.90 Å². The van der Waals surface area contributed by atoms with Gasteiger partial charge in [0, 0.05) is 17.2 Å². The van der Waals surface area contributed by atoms with E-state index in [2.05, 4.69) is 17.2 Å². The summed E-state index contributed by atoms with van der Waals surface area (Å²) in [5.74, 6) is -0.288. The van der Waals surface area contributed by atoms with Crippen LogP contribution in [0.2, 0.25) is 0 Å². The van der Waals surface area contributed by atoms with Crippen molar-refractivity contribution in [3.8, 4) is 0 Å². The number of rotatable bonds is 4. The van der Waals surface area contributed by atoms with Crippen LogP contribution in [0.15, 0.2) is 12.1 Å². The number of nitrogens with zero attached hydrogens (tertiary/aromatic N) is 1. The van der Waals surface area contributed by atoms with E-state index in [1.165, 1.54) is 0 Å². The lowest BCUT2D eigenvalue weighted by Crippen LogP contribution is -2.19. The van der Waals surface area contributed by atoms with E-state index in [1.54, 1.807) is 12.1 Å². The molecule has 0 saturated heterocycles. The Balaban J connectivity index is 3.18. The number of nitrogens with one attached hydrogen (secondary N) is 1. The smallest absolute Gasteiger partial charge is 0.335 e. The number of carbonyl (C=O) groups is 1. The summed E-state index contributed by atoms with van der Waals surface area (Å²) in [4.78, 5) is 15.6. The molecule has 0 fully saturated rings. The topological polar surface area (TPSA) is 62.2 Å². The van der Waals surface area contributed by atoms with Crippen molar-refractivity contribution in [1.82, 2.24) is 4.98 Å². The Morgan fingerprint density at radius 2 is 2.06 bits per heavy atom. The van der Waals surface area contributed by atoms with Crippen LogP contribution in [0.4, 0.5) is 5.82 Å². The average molecular weight is 250 g/mol. The van der Waals surface area contributed by atoms with Crippen LogP contribution in [0.25, 0.3) is 0 Å². The molecule has 0 bridgehead atoms. The van der Waals surface area contributed by atoms with E-state index in [0.717, 1.165) is 12.1 Å². The summed E-state index contributed by atoms with van der Waals surface area (Å²) in [5.41, 5.74) is 0.895. The SMILES string of the molecule is CCC(C)Nc1cc(C(=O)O)cc(C(C)(C)C)n1. The zero-order valence-corrected chi connectivity index (χ0v) is 11.7. The predicted molar refractivity (Wildman–Crippen MR) is 73.3 cm³/mol. The highest BCUT2D eigenvalue weighted by molar-refractivity contribution is 5.88. The van der Waals surface area contributed by atoms with Gasteiger partial charge in [-0.25, -0.2) is 9.78 Å². The number of pyridine rings is 1. The second kappa shape index (κ2) is 5.38. The second-order valence-electron chi connectivity index (χ2n) is 5.64. The Kier molecular flexibility index (Phi) is 4.33. The lowest BCUT2D eigenvalue weighted by Gasteiger charge is -2.21. The minimum atomic E-state index is -0.921. The van der Waals surface area contributed by atoms with Crippen molar-refractivity contribution in [2.45, 2.75) is 52.5 Å². The summed E-state index contributed by atoms with van der Waals surface area (Å²) in [6, 6.07) is 3.50. The van der Waals surface area contributed by atoms with Gasteiger partial charge in [0.15, 0.2) is 0 Å². The molecule has 4 heteroatoms. The molecule has 4 nitrogen and oxygen atoms in total.